The zero-order valence-electron chi connectivity index (χ0n) is 10.6. The first kappa shape index (κ1) is 13.2. The number of rotatable bonds is 7. The lowest BCUT2D eigenvalue weighted by Gasteiger charge is -2.08. The first-order chi connectivity index (χ1) is 7.68. The monoisotopic (exact) mass is 221 g/mol. The Morgan fingerprint density at radius 3 is 2.81 bits per heavy atom. The molecule has 0 saturated carbocycles. The summed E-state index contributed by atoms with van der Waals surface area (Å²) in [6.07, 6.45) is 1.42. The molecule has 0 aliphatic heterocycles. The van der Waals surface area contributed by atoms with Crippen LogP contribution in [-0.4, -0.2) is 19.3 Å². The Kier molecular flexibility index (Phi) is 6.12. The van der Waals surface area contributed by atoms with Crippen molar-refractivity contribution in [1.29, 1.82) is 0 Å². The van der Waals surface area contributed by atoms with Gasteiger partial charge in [0.05, 0.1) is 6.10 Å². The minimum Gasteiger partial charge on any atom is -0.379 e. The average molecular weight is 221 g/mol. The van der Waals surface area contributed by atoms with Crippen molar-refractivity contribution in [2.45, 2.75) is 39.8 Å². The van der Waals surface area contributed by atoms with Gasteiger partial charge in [0.2, 0.25) is 0 Å². The lowest BCUT2D eigenvalue weighted by molar-refractivity contribution is 0.0770. The number of benzene rings is 1. The topological polar surface area (TPSA) is 21.3 Å². The van der Waals surface area contributed by atoms with Crippen LogP contribution < -0.4 is 5.32 Å². The minimum absolute atomic E-state index is 0.344. The molecule has 0 radical (unpaired) electrons. The van der Waals surface area contributed by atoms with Gasteiger partial charge in [-0.05, 0) is 39.3 Å². The molecule has 0 amide bonds. The molecule has 2 nitrogen and oxygen atoms in total. The molecule has 0 atom stereocenters. The molecule has 1 N–H and O–H groups in total. The fourth-order valence-corrected chi connectivity index (χ4v) is 1.57. The van der Waals surface area contributed by atoms with Gasteiger partial charge in [0.1, 0.15) is 0 Å². The first-order valence-corrected chi connectivity index (χ1v) is 6.06. The van der Waals surface area contributed by atoms with Gasteiger partial charge in [-0.25, -0.2) is 0 Å². The van der Waals surface area contributed by atoms with Crippen molar-refractivity contribution in [3.63, 3.8) is 0 Å². The van der Waals surface area contributed by atoms with E-state index in [0.717, 1.165) is 26.1 Å². The lowest BCUT2D eigenvalue weighted by Crippen LogP contribution is -2.17. The van der Waals surface area contributed by atoms with Crippen molar-refractivity contribution < 1.29 is 4.74 Å². The Balaban J connectivity index is 2.07. The number of hydrogen-bond acceptors (Lipinski definition) is 2. The molecule has 0 fully saturated rings. The summed E-state index contributed by atoms with van der Waals surface area (Å²) in [5.41, 5.74) is 2.67. The van der Waals surface area contributed by atoms with E-state index in [1.54, 1.807) is 0 Å². The van der Waals surface area contributed by atoms with Crippen LogP contribution in [0.1, 0.15) is 31.4 Å². The van der Waals surface area contributed by atoms with Crippen LogP contribution in [0, 0.1) is 6.92 Å². The van der Waals surface area contributed by atoms with Gasteiger partial charge in [-0.2, -0.15) is 0 Å². The molecule has 0 aromatic heterocycles. The van der Waals surface area contributed by atoms with Crippen LogP contribution in [-0.2, 0) is 11.3 Å². The molecule has 0 bridgehead atoms. The third-order valence-corrected chi connectivity index (χ3v) is 2.36. The molecule has 0 spiro atoms. The van der Waals surface area contributed by atoms with E-state index in [-0.39, 0.29) is 0 Å². The quantitative estimate of drug-likeness (QED) is 0.715. The summed E-state index contributed by atoms with van der Waals surface area (Å²) in [6, 6.07) is 8.61. The summed E-state index contributed by atoms with van der Waals surface area (Å²) < 4.78 is 5.47. The van der Waals surface area contributed by atoms with Crippen molar-refractivity contribution >= 4 is 0 Å². The highest BCUT2D eigenvalue weighted by atomic mass is 16.5. The normalized spacial score (nSPS) is 11.0. The maximum Gasteiger partial charge on any atom is 0.0518 e. The summed E-state index contributed by atoms with van der Waals surface area (Å²) in [7, 11) is 0. The number of ether oxygens (including phenoxy) is 1. The van der Waals surface area contributed by atoms with Crippen LogP contribution in [0.5, 0.6) is 0 Å². The second kappa shape index (κ2) is 7.42. The van der Waals surface area contributed by atoms with Crippen molar-refractivity contribution in [1.82, 2.24) is 5.32 Å². The second-order valence-corrected chi connectivity index (χ2v) is 4.44. The van der Waals surface area contributed by atoms with Crippen LogP contribution in [0.4, 0.5) is 0 Å². The maximum atomic E-state index is 5.47. The standard InChI is InChI=1S/C14H23NO/c1-12(2)16-9-5-8-15-11-14-7-4-6-13(3)10-14/h4,6-7,10,12,15H,5,8-9,11H2,1-3H3. The smallest absolute Gasteiger partial charge is 0.0518 e. The van der Waals surface area contributed by atoms with Crippen molar-refractivity contribution in [2.24, 2.45) is 0 Å². The predicted octanol–water partition coefficient (Wildman–Crippen LogP) is 2.90. The van der Waals surface area contributed by atoms with E-state index >= 15 is 0 Å². The Bertz CT molecular complexity index is 297. The molecule has 1 aromatic rings. The molecule has 2 heteroatoms. The van der Waals surface area contributed by atoms with Crippen LogP contribution in [0.2, 0.25) is 0 Å². The molecule has 0 aliphatic carbocycles. The number of aryl methyl sites for hydroxylation is 1. The Morgan fingerprint density at radius 2 is 2.12 bits per heavy atom. The fraction of sp³-hybridized carbons (Fsp3) is 0.571. The van der Waals surface area contributed by atoms with E-state index in [0.29, 0.717) is 6.10 Å². The van der Waals surface area contributed by atoms with E-state index in [1.807, 2.05) is 0 Å². The molecule has 16 heavy (non-hydrogen) atoms. The minimum atomic E-state index is 0.344. The Hall–Kier alpha value is -0.860. The van der Waals surface area contributed by atoms with Gasteiger partial charge in [-0.15, -0.1) is 0 Å². The Labute approximate surface area is 99.0 Å². The number of hydrogen-bond donors (Lipinski definition) is 1. The summed E-state index contributed by atoms with van der Waals surface area (Å²) in [6.45, 7) is 9.07. The molecular weight excluding hydrogens is 198 g/mol. The molecule has 0 aliphatic rings. The second-order valence-electron chi connectivity index (χ2n) is 4.44. The van der Waals surface area contributed by atoms with E-state index in [2.05, 4.69) is 50.4 Å². The van der Waals surface area contributed by atoms with Gasteiger partial charge in [0, 0.05) is 13.2 Å². The van der Waals surface area contributed by atoms with E-state index in [4.69, 9.17) is 4.74 Å². The highest BCUT2D eigenvalue weighted by Crippen LogP contribution is 2.03. The van der Waals surface area contributed by atoms with Gasteiger partial charge in [0.25, 0.3) is 0 Å². The predicted molar refractivity (Wildman–Crippen MR) is 68.6 cm³/mol. The van der Waals surface area contributed by atoms with Crippen molar-refractivity contribution in [3.05, 3.63) is 35.4 Å². The molecular formula is C14H23NO. The zero-order valence-corrected chi connectivity index (χ0v) is 10.6. The summed E-state index contributed by atoms with van der Waals surface area (Å²) in [4.78, 5) is 0. The summed E-state index contributed by atoms with van der Waals surface area (Å²) >= 11 is 0. The molecule has 0 saturated heterocycles. The van der Waals surface area contributed by atoms with Crippen LogP contribution in [0.15, 0.2) is 24.3 Å². The van der Waals surface area contributed by atoms with Gasteiger partial charge in [-0.1, -0.05) is 29.8 Å². The molecule has 0 unspecified atom stereocenters. The van der Waals surface area contributed by atoms with Crippen molar-refractivity contribution in [3.8, 4) is 0 Å². The van der Waals surface area contributed by atoms with Gasteiger partial charge >= 0.3 is 0 Å². The van der Waals surface area contributed by atoms with E-state index < -0.39 is 0 Å². The number of nitrogens with one attached hydrogen (secondary N) is 1. The summed E-state index contributed by atoms with van der Waals surface area (Å²) in [5.74, 6) is 0. The fourth-order valence-electron chi connectivity index (χ4n) is 1.57. The largest absolute Gasteiger partial charge is 0.379 e. The summed E-state index contributed by atoms with van der Waals surface area (Å²) in [5, 5.41) is 3.42. The average Bonchev–Trinajstić information content (AvgIpc) is 2.23. The first-order valence-electron chi connectivity index (χ1n) is 6.06. The molecule has 90 valence electrons. The maximum absolute atomic E-state index is 5.47. The molecule has 1 rings (SSSR count). The molecule has 1 aromatic carbocycles. The molecule has 0 heterocycles. The van der Waals surface area contributed by atoms with Crippen molar-refractivity contribution in [2.75, 3.05) is 13.2 Å². The van der Waals surface area contributed by atoms with Crippen LogP contribution >= 0.6 is 0 Å². The zero-order chi connectivity index (χ0) is 11.8. The van der Waals surface area contributed by atoms with Gasteiger partial charge in [-0.3, -0.25) is 0 Å². The SMILES string of the molecule is Cc1cccc(CNCCCOC(C)C)c1. The lowest BCUT2D eigenvalue weighted by atomic mass is 10.1. The van der Waals surface area contributed by atoms with E-state index in [9.17, 15) is 0 Å². The highest BCUT2D eigenvalue weighted by Gasteiger charge is 1.94. The Morgan fingerprint density at radius 1 is 1.31 bits per heavy atom. The third kappa shape index (κ3) is 5.89. The highest BCUT2D eigenvalue weighted by molar-refractivity contribution is 5.21. The van der Waals surface area contributed by atoms with E-state index in [1.165, 1.54) is 11.1 Å². The van der Waals surface area contributed by atoms with Crippen LogP contribution in [0.3, 0.4) is 0 Å². The van der Waals surface area contributed by atoms with Gasteiger partial charge < -0.3 is 10.1 Å². The van der Waals surface area contributed by atoms with Crippen LogP contribution in [0.25, 0.3) is 0 Å². The third-order valence-electron chi connectivity index (χ3n) is 2.36. The van der Waals surface area contributed by atoms with Gasteiger partial charge in [0.15, 0.2) is 0 Å².